The molecule has 0 aliphatic rings. The van der Waals surface area contributed by atoms with Gasteiger partial charge in [-0.25, -0.2) is 9.67 Å². The Balaban J connectivity index is 1.57. The molecule has 134 valence electrons. The summed E-state index contributed by atoms with van der Waals surface area (Å²) in [6.45, 7) is 6.28. The SMILES string of the molecule is C=CCn1nnnc1SCC(=O)Nc1nc(-c2ccc(CC)cc2)cs1. The lowest BCUT2D eigenvalue weighted by molar-refractivity contribution is -0.113. The molecule has 0 spiro atoms. The number of hydrogen-bond acceptors (Lipinski definition) is 7. The van der Waals surface area contributed by atoms with Crippen LogP contribution in [0.2, 0.25) is 0 Å². The topological polar surface area (TPSA) is 85.6 Å². The average Bonchev–Trinajstić information content (AvgIpc) is 3.30. The molecule has 7 nitrogen and oxygen atoms in total. The fourth-order valence-electron chi connectivity index (χ4n) is 2.20. The number of tetrazole rings is 1. The van der Waals surface area contributed by atoms with Crippen molar-refractivity contribution in [2.24, 2.45) is 0 Å². The zero-order chi connectivity index (χ0) is 18.4. The van der Waals surface area contributed by atoms with Crippen molar-refractivity contribution in [2.45, 2.75) is 25.0 Å². The van der Waals surface area contributed by atoms with Crippen molar-refractivity contribution >= 4 is 34.1 Å². The molecule has 3 aromatic rings. The van der Waals surface area contributed by atoms with Gasteiger partial charge in [0.05, 0.1) is 18.0 Å². The fraction of sp³-hybridized carbons (Fsp3) is 0.235. The molecule has 0 aliphatic carbocycles. The third kappa shape index (κ3) is 4.55. The lowest BCUT2D eigenvalue weighted by Crippen LogP contribution is -2.14. The number of benzene rings is 1. The van der Waals surface area contributed by atoms with Gasteiger partial charge in [0.15, 0.2) is 5.13 Å². The summed E-state index contributed by atoms with van der Waals surface area (Å²) in [4.78, 5) is 16.6. The van der Waals surface area contributed by atoms with Crippen LogP contribution in [0.25, 0.3) is 11.3 Å². The Morgan fingerprint density at radius 2 is 2.19 bits per heavy atom. The molecule has 0 unspecified atom stereocenters. The van der Waals surface area contributed by atoms with E-state index in [1.807, 2.05) is 5.38 Å². The Hall–Kier alpha value is -2.52. The molecule has 3 rings (SSSR count). The maximum absolute atomic E-state index is 12.1. The van der Waals surface area contributed by atoms with Crippen molar-refractivity contribution in [1.29, 1.82) is 0 Å². The minimum absolute atomic E-state index is 0.148. The van der Waals surface area contributed by atoms with Crippen molar-refractivity contribution in [1.82, 2.24) is 25.2 Å². The van der Waals surface area contributed by atoms with E-state index in [0.717, 1.165) is 17.7 Å². The number of thiazole rings is 1. The van der Waals surface area contributed by atoms with Crippen LogP contribution in [0.1, 0.15) is 12.5 Å². The second-order valence-electron chi connectivity index (χ2n) is 5.36. The monoisotopic (exact) mass is 386 g/mol. The number of nitrogens with zero attached hydrogens (tertiary/aromatic N) is 5. The van der Waals surface area contributed by atoms with Gasteiger partial charge >= 0.3 is 0 Å². The van der Waals surface area contributed by atoms with E-state index in [1.165, 1.54) is 28.7 Å². The summed E-state index contributed by atoms with van der Waals surface area (Å²) in [6, 6.07) is 8.29. The standard InChI is InChI=1S/C17H18N6OS2/c1-3-9-23-17(20-21-22-23)26-11-15(24)19-16-18-14(10-25-16)13-7-5-12(4-2)6-8-13/h3,5-8,10H,1,4,9,11H2,2H3,(H,18,19,24). The van der Waals surface area contributed by atoms with Gasteiger partial charge in [0.1, 0.15) is 0 Å². The van der Waals surface area contributed by atoms with Crippen LogP contribution in [0.15, 0.2) is 47.5 Å². The van der Waals surface area contributed by atoms with E-state index in [2.05, 4.69) is 63.6 Å². The van der Waals surface area contributed by atoms with E-state index in [-0.39, 0.29) is 11.7 Å². The molecule has 2 heterocycles. The van der Waals surface area contributed by atoms with Crippen LogP contribution in [0, 0.1) is 0 Å². The first-order valence-corrected chi connectivity index (χ1v) is 9.90. The normalized spacial score (nSPS) is 10.7. The van der Waals surface area contributed by atoms with Crippen molar-refractivity contribution in [3.63, 3.8) is 0 Å². The van der Waals surface area contributed by atoms with Crippen LogP contribution < -0.4 is 5.32 Å². The van der Waals surface area contributed by atoms with Gasteiger partial charge < -0.3 is 5.32 Å². The summed E-state index contributed by atoms with van der Waals surface area (Å²) >= 11 is 2.68. The summed E-state index contributed by atoms with van der Waals surface area (Å²) in [5.74, 6) is 0.0582. The second kappa shape index (κ2) is 8.72. The van der Waals surface area contributed by atoms with Crippen molar-refractivity contribution in [3.8, 4) is 11.3 Å². The summed E-state index contributed by atoms with van der Waals surface area (Å²) in [6.07, 6.45) is 2.71. The molecular formula is C17H18N6OS2. The molecule has 2 aromatic heterocycles. The number of hydrogen-bond donors (Lipinski definition) is 1. The van der Waals surface area contributed by atoms with Crippen LogP contribution >= 0.6 is 23.1 Å². The van der Waals surface area contributed by atoms with Crippen molar-refractivity contribution in [2.75, 3.05) is 11.1 Å². The molecule has 0 atom stereocenters. The maximum atomic E-state index is 12.1. The first kappa shape index (κ1) is 18.3. The zero-order valence-electron chi connectivity index (χ0n) is 14.3. The lowest BCUT2D eigenvalue weighted by Gasteiger charge is -2.02. The predicted octanol–water partition coefficient (Wildman–Crippen LogP) is 3.28. The Kier molecular flexibility index (Phi) is 6.13. The van der Waals surface area contributed by atoms with Gasteiger partial charge in [0, 0.05) is 10.9 Å². The maximum Gasteiger partial charge on any atom is 0.236 e. The Morgan fingerprint density at radius 1 is 1.38 bits per heavy atom. The van der Waals surface area contributed by atoms with E-state index in [0.29, 0.717) is 16.8 Å². The zero-order valence-corrected chi connectivity index (χ0v) is 15.9. The minimum Gasteiger partial charge on any atom is -0.301 e. The highest BCUT2D eigenvalue weighted by molar-refractivity contribution is 7.99. The molecule has 0 aliphatic heterocycles. The Morgan fingerprint density at radius 3 is 2.92 bits per heavy atom. The third-order valence-electron chi connectivity index (χ3n) is 3.54. The smallest absolute Gasteiger partial charge is 0.236 e. The minimum atomic E-state index is -0.148. The van der Waals surface area contributed by atoms with E-state index in [4.69, 9.17) is 0 Å². The first-order valence-electron chi connectivity index (χ1n) is 8.04. The molecule has 0 radical (unpaired) electrons. The van der Waals surface area contributed by atoms with Crippen LogP contribution in [0.3, 0.4) is 0 Å². The van der Waals surface area contributed by atoms with Crippen LogP contribution in [-0.2, 0) is 17.8 Å². The highest BCUT2D eigenvalue weighted by Gasteiger charge is 2.11. The molecule has 0 bridgehead atoms. The largest absolute Gasteiger partial charge is 0.301 e. The molecule has 0 saturated carbocycles. The molecule has 1 aromatic carbocycles. The number of aromatic nitrogens is 5. The summed E-state index contributed by atoms with van der Waals surface area (Å²) in [5.41, 5.74) is 3.18. The lowest BCUT2D eigenvalue weighted by atomic mass is 10.1. The average molecular weight is 387 g/mol. The summed E-state index contributed by atoms with van der Waals surface area (Å²) in [7, 11) is 0. The van der Waals surface area contributed by atoms with Crippen LogP contribution in [0.4, 0.5) is 5.13 Å². The number of nitrogens with one attached hydrogen (secondary N) is 1. The van der Waals surface area contributed by atoms with E-state index in [9.17, 15) is 4.79 Å². The van der Waals surface area contributed by atoms with E-state index >= 15 is 0 Å². The molecule has 0 fully saturated rings. The van der Waals surface area contributed by atoms with E-state index in [1.54, 1.807) is 10.8 Å². The third-order valence-corrected chi connectivity index (χ3v) is 5.26. The highest BCUT2D eigenvalue weighted by atomic mass is 32.2. The molecule has 26 heavy (non-hydrogen) atoms. The van der Waals surface area contributed by atoms with E-state index < -0.39 is 0 Å². The fourth-order valence-corrected chi connectivity index (χ4v) is 3.62. The Bertz CT molecular complexity index is 887. The number of anilines is 1. The number of allylic oxidation sites excluding steroid dienone is 1. The van der Waals surface area contributed by atoms with Gasteiger partial charge in [0.25, 0.3) is 0 Å². The number of carbonyl (C=O) groups excluding carboxylic acids is 1. The number of thioether (sulfide) groups is 1. The second-order valence-corrected chi connectivity index (χ2v) is 7.16. The quantitative estimate of drug-likeness (QED) is 0.472. The van der Waals surface area contributed by atoms with Gasteiger partial charge in [-0.2, -0.15) is 0 Å². The first-order chi connectivity index (χ1) is 12.7. The molecule has 1 N–H and O–H groups in total. The molecule has 0 saturated heterocycles. The number of amides is 1. The molecule has 1 amide bonds. The van der Waals surface area contributed by atoms with Crippen molar-refractivity contribution in [3.05, 3.63) is 47.9 Å². The van der Waals surface area contributed by atoms with Gasteiger partial charge in [-0.3, -0.25) is 4.79 Å². The van der Waals surface area contributed by atoms with Crippen LogP contribution in [-0.4, -0.2) is 36.9 Å². The Labute approximate surface area is 159 Å². The predicted molar refractivity (Wildman–Crippen MR) is 104 cm³/mol. The number of aryl methyl sites for hydroxylation is 1. The van der Waals surface area contributed by atoms with Gasteiger partial charge in [-0.1, -0.05) is 49.0 Å². The molecular weight excluding hydrogens is 368 g/mol. The van der Waals surface area contributed by atoms with Gasteiger partial charge in [-0.15, -0.1) is 23.0 Å². The van der Waals surface area contributed by atoms with Gasteiger partial charge in [0.2, 0.25) is 11.1 Å². The highest BCUT2D eigenvalue weighted by Crippen LogP contribution is 2.25. The van der Waals surface area contributed by atoms with Crippen molar-refractivity contribution < 1.29 is 4.79 Å². The summed E-state index contributed by atoms with van der Waals surface area (Å²) in [5, 5.41) is 17.3. The van der Waals surface area contributed by atoms with Crippen LogP contribution in [0.5, 0.6) is 0 Å². The number of carbonyl (C=O) groups is 1. The number of rotatable bonds is 8. The molecule has 9 heteroatoms. The van der Waals surface area contributed by atoms with Gasteiger partial charge in [-0.05, 0) is 22.4 Å². The summed E-state index contributed by atoms with van der Waals surface area (Å²) < 4.78 is 1.59.